The second kappa shape index (κ2) is 5.15. The van der Waals surface area contributed by atoms with Crippen LogP contribution in [0, 0.1) is 12.3 Å². The van der Waals surface area contributed by atoms with Crippen molar-refractivity contribution in [1.29, 1.82) is 0 Å². The Morgan fingerprint density at radius 2 is 1.48 bits per heavy atom. The molecule has 3 heterocycles. The van der Waals surface area contributed by atoms with E-state index in [4.69, 9.17) is 11.4 Å². The van der Waals surface area contributed by atoms with Crippen LogP contribution in [0.15, 0.2) is 60.9 Å². The minimum Gasteiger partial charge on any atom is -0.337 e. The van der Waals surface area contributed by atoms with E-state index in [0.717, 1.165) is 49.8 Å². The second-order valence-corrected chi connectivity index (χ2v) is 5.83. The number of aromatic amines is 1. The SMILES string of the molecule is C#Cc1ccc(-c2nc3c4cccnc4c4ncccc4c3[nH]2)cc1. The zero-order valence-electron chi connectivity index (χ0n) is 13.2. The van der Waals surface area contributed by atoms with Crippen LogP contribution in [0.1, 0.15) is 5.56 Å². The molecule has 0 saturated heterocycles. The average Bonchev–Trinajstić information content (AvgIpc) is 3.14. The highest BCUT2D eigenvalue weighted by Gasteiger charge is 2.14. The van der Waals surface area contributed by atoms with E-state index in [0.29, 0.717) is 0 Å². The quantitative estimate of drug-likeness (QED) is 0.370. The van der Waals surface area contributed by atoms with Gasteiger partial charge in [-0.05, 0) is 36.4 Å². The number of H-pyrrole nitrogens is 1. The number of hydrogen-bond acceptors (Lipinski definition) is 3. The molecule has 1 N–H and O–H groups in total. The van der Waals surface area contributed by atoms with E-state index in [-0.39, 0.29) is 0 Å². The maximum Gasteiger partial charge on any atom is 0.138 e. The molecule has 0 saturated carbocycles. The Labute approximate surface area is 143 Å². The standard InChI is InChI=1S/C21H12N4/c1-2-13-7-9-14(10-8-13)21-24-19-15-5-3-11-22-17(15)18-16(20(19)25-21)6-4-12-23-18/h1,3-12H,(H,24,25). The monoisotopic (exact) mass is 320 g/mol. The molecule has 0 spiro atoms. The molecule has 5 aromatic rings. The van der Waals surface area contributed by atoms with E-state index < -0.39 is 0 Å². The summed E-state index contributed by atoms with van der Waals surface area (Å²) in [6.45, 7) is 0. The van der Waals surface area contributed by atoms with Crippen LogP contribution >= 0.6 is 0 Å². The fraction of sp³-hybridized carbons (Fsp3) is 0. The summed E-state index contributed by atoms with van der Waals surface area (Å²) in [6.07, 6.45) is 9.01. The summed E-state index contributed by atoms with van der Waals surface area (Å²) < 4.78 is 0. The second-order valence-electron chi connectivity index (χ2n) is 5.83. The fourth-order valence-corrected chi connectivity index (χ4v) is 3.20. The van der Waals surface area contributed by atoms with Gasteiger partial charge in [0, 0.05) is 34.3 Å². The van der Waals surface area contributed by atoms with Crippen molar-refractivity contribution in [2.45, 2.75) is 0 Å². The minimum atomic E-state index is 0.806. The van der Waals surface area contributed by atoms with E-state index in [1.807, 2.05) is 48.5 Å². The number of nitrogens with zero attached hydrogens (tertiary/aromatic N) is 3. The summed E-state index contributed by atoms with van der Waals surface area (Å²) in [4.78, 5) is 17.4. The smallest absolute Gasteiger partial charge is 0.138 e. The molecule has 4 nitrogen and oxygen atoms in total. The first kappa shape index (κ1) is 13.7. The van der Waals surface area contributed by atoms with Crippen LogP contribution in [0.5, 0.6) is 0 Å². The Morgan fingerprint density at radius 3 is 2.20 bits per heavy atom. The van der Waals surface area contributed by atoms with Gasteiger partial charge in [0.15, 0.2) is 0 Å². The Morgan fingerprint density at radius 1 is 0.800 bits per heavy atom. The number of aromatic nitrogens is 4. The van der Waals surface area contributed by atoms with Crippen LogP contribution in [-0.2, 0) is 0 Å². The van der Waals surface area contributed by atoms with Gasteiger partial charge in [0.2, 0.25) is 0 Å². The molecule has 25 heavy (non-hydrogen) atoms. The lowest BCUT2D eigenvalue weighted by atomic mass is 10.1. The molecule has 0 atom stereocenters. The maximum absolute atomic E-state index is 5.44. The number of fused-ring (bicyclic) bond motifs is 6. The van der Waals surface area contributed by atoms with Crippen molar-refractivity contribution in [2.75, 3.05) is 0 Å². The molecular formula is C21H12N4. The molecule has 0 amide bonds. The predicted molar refractivity (Wildman–Crippen MR) is 100 cm³/mol. The van der Waals surface area contributed by atoms with Crippen molar-refractivity contribution in [3.8, 4) is 23.7 Å². The zero-order chi connectivity index (χ0) is 16.8. The lowest BCUT2D eigenvalue weighted by molar-refractivity contribution is 1.34. The lowest BCUT2D eigenvalue weighted by Gasteiger charge is -2.03. The Balaban J connectivity index is 1.88. The summed E-state index contributed by atoms with van der Waals surface area (Å²) in [6, 6.07) is 15.7. The summed E-state index contributed by atoms with van der Waals surface area (Å²) in [7, 11) is 0. The molecule has 5 rings (SSSR count). The fourth-order valence-electron chi connectivity index (χ4n) is 3.20. The van der Waals surface area contributed by atoms with E-state index in [1.165, 1.54) is 0 Å². The van der Waals surface area contributed by atoms with Crippen molar-refractivity contribution in [1.82, 2.24) is 19.9 Å². The van der Waals surface area contributed by atoms with Gasteiger partial charge in [-0.2, -0.15) is 0 Å². The van der Waals surface area contributed by atoms with E-state index in [1.54, 1.807) is 12.4 Å². The highest BCUT2D eigenvalue weighted by Crippen LogP contribution is 2.33. The van der Waals surface area contributed by atoms with Crippen LogP contribution in [-0.4, -0.2) is 19.9 Å². The molecule has 0 bridgehead atoms. The van der Waals surface area contributed by atoms with Crippen LogP contribution in [0.3, 0.4) is 0 Å². The molecule has 2 aromatic carbocycles. The van der Waals surface area contributed by atoms with Crippen molar-refractivity contribution in [3.05, 3.63) is 66.5 Å². The topological polar surface area (TPSA) is 54.5 Å². The van der Waals surface area contributed by atoms with E-state index in [9.17, 15) is 0 Å². The average molecular weight is 320 g/mol. The molecule has 0 unspecified atom stereocenters. The number of terminal acetylenes is 1. The molecule has 0 radical (unpaired) electrons. The minimum absolute atomic E-state index is 0.806. The molecule has 0 aliphatic heterocycles. The van der Waals surface area contributed by atoms with Crippen molar-refractivity contribution in [3.63, 3.8) is 0 Å². The van der Waals surface area contributed by atoms with Gasteiger partial charge in [-0.25, -0.2) is 4.98 Å². The first-order chi connectivity index (χ1) is 12.3. The summed E-state index contributed by atoms with van der Waals surface area (Å²) in [5, 5.41) is 2.01. The van der Waals surface area contributed by atoms with E-state index in [2.05, 4.69) is 20.9 Å². The molecule has 0 aliphatic rings. The van der Waals surface area contributed by atoms with Gasteiger partial charge < -0.3 is 4.98 Å². The van der Waals surface area contributed by atoms with Crippen LogP contribution in [0.25, 0.3) is 44.2 Å². The largest absolute Gasteiger partial charge is 0.337 e. The Kier molecular flexibility index (Phi) is 2.82. The third-order valence-corrected chi connectivity index (χ3v) is 4.39. The summed E-state index contributed by atoms with van der Waals surface area (Å²) in [5.74, 6) is 3.44. The van der Waals surface area contributed by atoms with Gasteiger partial charge in [-0.15, -0.1) is 6.42 Å². The number of benzene rings is 2. The van der Waals surface area contributed by atoms with E-state index >= 15 is 0 Å². The molecule has 116 valence electrons. The number of rotatable bonds is 1. The normalized spacial score (nSPS) is 11.2. The van der Waals surface area contributed by atoms with Gasteiger partial charge in [0.05, 0.1) is 22.1 Å². The number of hydrogen-bond donors (Lipinski definition) is 1. The molecule has 4 heteroatoms. The lowest BCUT2D eigenvalue weighted by Crippen LogP contribution is -1.86. The third kappa shape index (κ3) is 2.00. The van der Waals surface area contributed by atoms with Gasteiger partial charge >= 0.3 is 0 Å². The summed E-state index contributed by atoms with van der Waals surface area (Å²) >= 11 is 0. The van der Waals surface area contributed by atoms with Crippen LogP contribution in [0.2, 0.25) is 0 Å². The third-order valence-electron chi connectivity index (χ3n) is 4.39. The Hall–Kier alpha value is -3.71. The highest BCUT2D eigenvalue weighted by atomic mass is 14.9. The molecule has 0 fully saturated rings. The maximum atomic E-state index is 5.44. The highest BCUT2D eigenvalue weighted by molar-refractivity contribution is 6.20. The number of nitrogens with one attached hydrogen (secondary N) is 1. The molecule has 3 aromatic heterocycles. The van der Waals surface area contributed by atoms with Crippen molar-refractivity contribution in [2.24, 2.45) is 0 Å². The van der Waals surface area contributed by atoms with Gasteiger partial charge in [-0.3, -0.25) is 9.97 Å². The van der Waals surface area contributed by atoms with Crippen molar-refractivity contribution < 1.29 is 0 Å². The predicted octanol–water partition coefficient (Wildman–Crippen LogP) is 4.31. The van der Waals surface area contributed by atoms with Crippen molar-refractivity contribution >= 4 is 32.8 Å². The molecular weight excluding hydrogens is 308 g/mol. The number of pyridine rings is 2. The summed E-state index contributed by atoms with van der Waals surface area (Å²) in [5.41, 5.74) is 5.46. The van der Waals surface area contributed by atoms with Crippen LogP contribution < -0.4 is 0 Å². The number of imidazole rings is 1. The molecule has 0 aliphatic carbocycles. The van der Waals surface area contributed by atoms with Gasteiger partial charge in [0.25, 0.3) is 0 Å². The first-order valence-corrected chi connectivity index (χ1v) is 7.93. The van der Waals surface area contributed by atoms with Crippen LogP contribution in [0.4, 0.5) is 0 Å². The van der Waals surface area contributed by atoms with Gasteiger partial charge in [-0.1, -0.05) is 18.1 Å². The zero-order valence-corrected chi connectivity index (χ0v) is 13.2. The van der Waals surface area contributed by atoms with Gasteiger partial charge in [0.1, 0.15) is 5.82 Å². The first-order valence-electron chi connectivity index (χ1n) is 7.93. The Bertz CT molecular complexity index is 1220.